The highest BCUT2D eigenvalue weighted by Crippen LogP contribution is 2.22. The number of nitrogens with one attached hydrogen (secondary N) is 1. The number of benzene rings is 2. The van der Waals surface area contributed by atoms with Gasteiger partial charge >= 0.3 is 5.97 Å². The van der Waals surface area contributed by atoms with Gasteiger partial charge in [-0.15, -0.1) is 0 Å². The number of likely N-dealkylation sites (N-methyl/N-ethyl adjacent to an activating group) is 1. The number of esters is 1. The molecule has 38 heavy (non-hydrogen) atoms. The monoisotopic (exact) mass is 533 g/mol. The molecule has 1 amide bonds. The maximum Gasteiger partial charge on any atom is 0.338 e. The fourth-order valence-corrected chi connectivity index (χ4v) is 3.76. The zero-order chi connectivity index (χ0) is 28.4. The number of ether oxygens (including phenoxy) is 2. The first-order valence-electron chi connectivity index (χ1n) is 13.6. The molecule has 0 bridgehead atoms. The number of para-hydroxylation sites is 1. The number of quaternary nitrogens is 1. The first kappa shape index (κ1) is 33.1. The van der Waals surface area contributed by atoms with Crippen molar-refractivity contribution in [2.45, 2.75) is 59.3 Å². The van der Waals surface area contributed by atoms with E-state index in [4.69, 9.17) is 14.6 Å². The molecule has 0 unspecified atom stereocenters. The average molecular weight is 534 g/mol. The van der Waals surface area contributed by atoms with Crippen molar-refractivity contribution in [1.82, 2.24) is 0 Å². The van der Waals surface area contributed by atoms with Crippen molar-refractivity contribution in [1.29, 1.82) is 0 Å². The van der Waals surface area contributed by atoms with Crippen molar-refractivity contribution in [3.05, 3.63) is 59.4 Å². The first-order chi connectivity index (χ1) is 18.3. The van der Waals surface area contributed by atoms with E-state index in [-0.39, 0.29) is 17.9 Å². The second-order valence-corrected chi connectivity index (χ2v) is 9.37. The van der Waals surface area contributed by atoms with Gasteiger partial charge in [-0.25, -0.2) is 9.18 Å². The quantitative estimate of drug-likeness (QED) is 0.155. The standard InChI is InChI=1S/C29H41FN2O4.CH4O/c1-5-8-9-10-11-14-20-35-27-16-13-12-15-24(27)28(33)31-26-18-17-23(22-25(26)30)29(34)36-21-19-32(4,6-2)7-3;1-2/h12-13,15-18,22H,5-11,14,19-21H2,1-4H3;2H,1H3/p+1. The molecule has 2 rings (SSSR count). The molecule has 0 atom stereocenters. The molecule has 2 aromatic carbocycles. The van der Waals surface area contributed by atoms with E-state index < -0.39 is 17.7 Å². The van der Waals surface area contributed by atoms with Crippen LogP contribution in [0.1, 0.15) is 80.0 Å². The summed E-state index contributed by atoms with van der Waals surface area (Å²) in [6.07, 6.45) is 6.88. The molecule has 0 saturated carbocycles. The fraction of sp³-hybridized carbons (Fsp3) is 0.533. The van der Waals surface area contributed by atoms with Crippen molar-refractivity contribution in [2.24, 2.45) is 0 Å². The molecule has 0 radical (unpaired) electrons. The van der Waals surface area contributed by atoms with Gasteiger partial charge in [0.25, 0.3) is 5.91 Å². The average Bonchev–Trinajstić information content (AvgIpc) is 2.94. The van der Waals surface area contributed by atoms with E-state index in [0.717, 1.165) is 43.6 Å². The maximum absolute atomic E-state index is 14.7. The summed E-state index contributed by atoms with van der Waals surface area (Å²) in [7, 11) is 3.10. The maximum atomic E-state index is 14.7. The summed E-state index contributed by atoms with van der Waals surface area (Å²) in [5.74, 6) is -1.29. The van der Waals surface area contributed by atoms with Crippen LogP contribution in [0.5, 0.6) is 5.75 Å². The molecule has 0 saturated heterocycles. The number of anilines is 1. The molecule has 2 N–H and O–H groups in total. The Morgan fingerprint density at radius 1 is 0.921 bits per heavy atom. The highest BCUT2D eigenvalue weighted by Gasteiger charge is 2.19. The van der Waals surface area contributed by atoms with Crippen molar-refractivity contribution in [3.63, 3.8) is 0 Å². The molecule has 2 aromatic rings. The number of nitrogens with zero attached hydrogens (tertiary/aromatic N) is 1. The summed E-state index contributed by atoms with van der Waals surface area (Å²) in [5.41, 5.74) is 0.429. The van der Waals surface area contributed by atoms with Gasteiger partial charge in [0.05, 0.1) is 43.6 Å². The number of aliphatic hydroxyl groups excluding tert-OH is 1. The predicted molar refractivity (Wildman–Crippen MR) is 150 cm³/mol. The van der Waals surface area contributed by atoms with E-state index in [1.165, 1.54) is 37.8 Å². The number of halogens is 1. The smallest absolute Gasteiger partial charge is 0.338 e. The fourth-order valence-electron chi connectivity index (χ4n) is 3.76. The summed E-state index contributed by atoms with van der Waals surface area (Å²) >= 11 is 0. The zero-order valence-corrected chi connectivity index (χ0v) is 23.7. The SMILES string of the molecule is CCCCCCCCOc1ccccc1C(=O)Nc1ccc(C(=O)OCC[N+](C)(CC)CC)cc1F.CO. The van der Waals surface area contributed by atoms with Crippen molar-refractivity contribution < 1.29 is 33.0 Å². The van der Waals surface area contributed by atoms with Gasteiger partial charge in [0, 0.05) is 7.11 Å². The highest BCUT2D eigenvalue weighted by atomic mass is 19.1. The lowest BCUT2D eigenvalue weighted by Gasteiger charge is -2.31. The lowest BCUT2D eigenvalue weighted by Crippen LogP contribution is -2.46. The Kier molecular flexibility index (Phi) is 15.9. The Balaban J connectivity index is 0.00000352. The number of aliphatic hydroxyl groups is 1. The van der Waals surface area contributed by atoms with Crippen LogP contribution in [0.15, 0.2) is 42.5 Å². The Labute approximate surface area is 227 Å². The number of rotatable bonds is 16. The third-order valence-electron chi connectivity index (χ3n) is 6.73. The van der Waals surface area contributed by atoms with Crippen LogP contribution in [0.2, 0.25) is 0 Å². The molecule has 212 valence electrons. The molecule has 0 aliphatic rings. The lowest BCUT2D eigenvalue weighted by atomic mass is 10.1. The predicted octanol–water partition coefficient (Wildman–Crippen LogP) is 6.07. The summed E-state index contributed by atoms with van der Waals surface area (Å²) in [6, 6.07) is 10.8. The third kappa shape index (κ3) is 11.2. The van der Waals surface area contributed by atoms with Crippen LogP contribution in [-0.4, -0.2) is 68.5 Å². The van der Waals surface area contributed by atoms with Crippen molar-refractivity contribution in [2.75, 3.05) is 52.3 Å². The normalized spacial score (nSPS) is 10.8. The van der Waals surface area contributed by atoms with Crippen molar-refractivity contribution >= 4 is 17.6 Å². The number of carbonyl (C=O) groups is 2. The van der Waals surface area contributed by atoms with Gasteiger partial charge in [0.15, 0.2) is 0 Å². The molecule has 0 aromatic heterocycles. The van der Waals surface area contributed by atoms with Crippen LogP contribution in [0.25, 0.3) is 0 Å². The Morgan fingerprint density at radius 3 is 2.24 bits per heavy atom. The topological polar surface area (TPSA) is 84.9 Å². The largest absolute Gasteiger partial charge is 0.493 e. The molecule has 7 nitrogen and oxygen atoms in total. The van der Waals surface area contributed by atoms with Gasteiger partial charge in [-0.1, -0.05) is 51.2 Å². The molecule has 0 aliphatic heterocycles. The van der Waals surface area contributed by atoms with Crippen LogP contribution in [0.4, 0.5) is 10.1 Å². The minimum Gasteiger partial charge on any atom is -0.493 e. The molecule has 8 heteroatoms. The number of carbonyl (C=O) groups excluding carboxylic acids is 2. The van der Waals surface area contributed by atoms with Crippen LogP contribution in [-0.2, 0) is 4.74 Å². The lowest BCUT2D eigenvalue weighted by molar-refractivity contribution is -0.906. The highest BCUT2D eigenvalue weighted by molar-refractivity contribution is 6.06. The summed E-state index contributed by atoms with van der Waals surface area (Å²) < 4.78 is 26.7. The second kappa shape index (κ2) is 18.3. The molecular formula is C30H46FN2O5+. The second-order valence-electron chi connectivity index (χ2n) is 9.37. The summed E-state index contributed by atoms with van der Waals surface area (Å²) in [4.78, 5) is 25.2. The molecule has 0 fully saturated rings. The molecule has 0 aliphatic carbocycles. The number of hydrogen-bond acceptors (Lipinski definition) is 5. The van der Waals surface area contributed by atoms with E-state index >= 15 is 0 Å². The van der Waals surface area contributed by atoms with Crippen LogP contribution in [0, 0.1) is 5.82 Å². The van der Waals surface area contributed by atoms with E-state index in [0.29, 0.717) is 24.5 Å². The van der Waals surface area contributed by atoms with Gasteiger partial charge in [-0.3, -0.25) is 4.79 Å². The van der Waals surface area contributed by atoms with Gasteiger partial charge < -0.3 is 24.4 Å². The van der Waals surface area contributed by atoms with E-state index in [1.807, 2.05) is 0 Å². The van der Waals surface area contributed by atoms with E-state index in [9.17, 15) is 14.0 Å². The Morgan fingerprint density at radius 2 is 1.58 bits per heavy atom. The molecular weight excluding hydrogens is 487 g/mol. The van der Waals surface area contributed by atoms with Gasteiger partial charge in [0.1, 0.15) is 24.7 Å². The summed E-state index contributed by atoms with van der Waals surface area (Å²) in [6.45, 7) is 9.71. The molecule has 0 spiro atoms. The van der Waals surface area contributed by atoms with Crippen LogP contribution < -0.4 is 10.1 Å². The molecule has 0 heterocycles. The van der Waals surface area contributed by atoms with Gasteiger partial charge in [0.2, 0.25) is 0 Å². The van der Waals surface area contributed by atoms with E-state index in [1.54, 1.807) is 24.3 Å². The minimum absolute atomic E-state index is 0.0107. The van der Waals surface area contributed by atoms with Gasteiger partial charge in [-0.05, 0) is 50.6 Å². The summed E-state index contributed by atoms with van der Waals surface area (Å²) in [5, 5.41) is 9.59. The Bertz CT molecular complexity index is 979. The number of unbranched alkanes of at least 4 members (excludes halogenated alkanes) is 5. The third-order valence-corrected chi connectivity index (χ3v) is 6.73. The van der Waals surface area contributed by atoms with Crippen LogP contribution >= 0.6 is 0 Å². The van der Waals surface area contributed by atoms with E-state index in [2.05, 4.69) is 33.1 Å². The van der Waals surface area contributed by atoms with Gasteiger partial charge in [-0.2, -0.15) is 0 Å². The van der Waals surface area contributed by atoms with Crippen molar-refractivity contribution in [3.8, 4) is 5.75 Å². The zero-order valence-electron chi connectivity index (χ0n) is 23.7. The Hall–Kier alpha value is -2.97. The first-order valence-corrected chi connectivity index (χ1v) is 13.6. The minimum atomic E-state index is -0.703. The number of amides is 1. The number of hydrogen-bond donors (Lipinski definition) is 2. The van der Waals surface area contributed by atoms with Crippen LogP contribution in [0.3, 0.4) is 0 Å².